The maximum absolute atomic E-state index is 12.9. The minimum Gasteiger partial charge on any atom is -0.444 e. The second-order valence-electron chi connectivity index (χ2n) is 6.74. The number of benzene rings is 3. The highest BCUT2D eigenvalue weighted by molar-refractivity contribution is 5.99. The fraction of sp³-hybridized carbons (Fsp3) is 0.0833. The minimum atomic E-state index is -1.28. The van der Waals surface area contributed by atoms with Gasteiger partial charge in [0.2, 0.25) is 6.10 Å². The molecule has 156 valence electrons. The number of aryl methyl sites for hydroxylation is 1. The van der Waals surface area contributed by atoms with E-state index in [0.29, 0.717) is 11.1 Å². The average Bonchev–Trinajstić information content (AvgIpc) is 2.78. The zero-order valence-electron chi connectivity index (χ0n) is 16.7. The molecule has 3 rings (SSSR count). The molecule has 1 N–H and O–H groups in total. The van der Waals surface area contributed by atoms with Gasteiger partial charge in [0, 0.05) is 17.7 Å². The summed E-state index contributed by atoms with van der Waals surface area (Å²) in [6.07, 6.45) is 1.52. The van der Waals surface area contributed by atoms with Gasteiger partial charge in [-0.05, 0) is 30.2 Å². The van der Waals surface area contributed by atoms with E-state index >= 15 is 0 Å². The van der Waals surface area contributed by atoms with Crippen molar-refractivity contribution in [3.8, 4) is 0 Å². The van der Waals surface area contributed by atoms with Crippen molar-refractivity contribution in [2.75, 3.05) is 5.32 Å². The number of carbonyl (C=O) groups excluding carboxylic acids is 2. The van der Waals surface area contributed by atoms with Gasteiger partial charge >= 0.3 is 5.97 Å². The maximum Gasteiger partial charge on any atom is 0.331 e. The van der Waals surface area contributed by atoms with Crippen molar-refractivity contribution in [2.45, 2.75) is 13.0 Å². The van der Waals surface area contributed by atoms with Crippen LogP contribution in [0, 0.1) is 17.0 Å². The van der Waals surface area contributed by atoms with Gasteiger partial charge in [0.15, 0.2) is 0 Å². The van der Waals surface area contributed by atoms with E-state index in [1.54, 1.807) is 49.4 Å². The number of esters is 1. The number of nitrogens with one attached hydrogen (secondary N) is 1. The van der Waals surface area contributed by atoms with Crippen molar-refractivity contribution in [3.05, 3.63) is 112 Å². The lowest BCUT2D eigenvalue weighted by atomic mass is 10.1. The molecular formula is C24H20N2O5. The topological polar surface area (TPSA) is 98.5 Å². The maximum atomic E-state index is 12.9. The Morgan fingerprint density at radius 2 is 1.65 bits per heavy atom. The molecule has 1 amide bonds. The third-order valence-electron chi connectivity index (χ3n) is 4.39. The van der Waals surface area contributed by atoms with E-state index in [2.05, 4.69) is 5.32 Å². The van der Waals surface area contributed by atoms with Crippen LogP contribution < -0.4 is 5.32 Å². The number of nitro groups is 1. The zero-order valence-corrected chi connectivity index (χ0v) is 16.7. The SMILES string of the molecule is Cc1ccc(NC(=O)C(OC(=O)/C=C/c2ccccc2)c2ccccc2)c([N+](=O)[O-])c1. The van der Waals surface area contributed by atoms with Gasteiger partial charge in [-0.2, -0.15) is 0 Å². The highest BCUT2D eigenvalue weighted by Gasteiger charge is 2.26. The lowest BCUT2D eigenvalue weighted by molar-refractivity contribution is -0.384. The minimum absolute atomic E-state index is 0.0254. The standard InChI is InChI=1S/C24H20N2O5/c1-17-12-14-20(21(16-17)26(29)30)25-24(28)23(19-10-6-3-7-11-19)31-22(27)15-13-18-8-4-2-5-9-18/h2-16,23H,1H3,(H,25,28)/b15-13+. The molecule has 0 aliphatic rings. The predicted molar refractivity (Wildman–Crippen MR) is 117 cm³/mol. The van der Waals surface area contributed by atoms with Crippen molar-refractivity contribution in [2.24, 2.45) is 0 Å². The molecule has 0 aliphatic heterocycles. The first kappa shape index (κ1) is 21.4. The highest BCUT2D eigenvalue weighted by Crippen LogP contribution is 2.27. The summed E-state index contributed by atoms with van der Waals surface area (Å²) < 4.78 is 5.41. The summed E-state index contributed by atoms with van der Waals surface area (Å²) >= 11 is 0. The van der Waals surface area contributed by atoms with Crippen LogP contribution in [0.2, 0.25) is 0 Å². The van der Waals surface area contributed by atoms with Crippen LogP contribution >= 0.6 is 0 Å². The van der Waals surface area contributed by atoms with Gasteiger partial charge < -0.3 is 10.1 Å². The summed E-state index contributed by atoms with van der Waals surface area (Å²) in [4.78, 5) is 36.1. The molecule has 31 heavy (non-hydrogen) atoms. The van der Waals surface area contributed by atoms with Crippen LogP contribution in [0.15, 0.2) is 84.9 Å². The molecular weight excluding hydrogens is 396 g/mol. The number of nitrogens with zero attached hydrogens (tertiary/aromatic N) is 1. The molecule has 3 aromatic rings. The molecule has 0 heterocycles. The number of amides is 1. The van der Waals surface area contributed by atoms with E-state index < -0.39 is 22.9 Å². The summed E-state index contributed by atoms with van der Waals surface area (Å²) in [6, 6.07) is 22.1. The van der Waals surface area contributed by atoms with E-state index in [9.17, 15) is 19.7 Å². The Balaban J connectivity index is 1.83. The predicted octanol–water partition coefficient (Wildman–Crippen LogP) is 4.84. The van der Waals surface area contributed by atoms with Crippen molar-refractivity contribution < 1.29 is 19.2 Å². The fourth-order valence-corrected chi connectivity index (χ4v) is 2.88. The molecule has 0 bridgehead atoms. The third-order valence-corrected chi connectivity index (χ3v) is 4.39. The molecule has 0 saturated carbocycles. The quantitative estimate of drug-likeness (QED) is 0.257. The van der Waals surface area contributed by atoms with Crippen LogP contribution in [0.25, 0.3) is 6.08 Å². The molecule has 0 radical (unpaired) electrons. The van der Waals surface area contributed by atoms with Gasteiger partial charge in [0.1, 0.15) is 5.69 Å². The largest absolute Gasteiger partial charge is 0.444 e. The number of nitro benzene ring substituents is 1. The first-order valence-corrected chi connectivity index (χ1v) is 9.48. The van der Waals surface area contributed by atoms with Gasteiger partial charge in [0.05, 0.1) is 4.92 Å². The van der Waals surface area contributed by atoms with Crippen LogP contribution in [-0.4, -0.2) is 16.8 Å². The van der Waals surface area contributed by atoms with E-state index in [4.69, 9.17) is 4.74 Å². The van der Waals surface area contributed by atoms with Crippen LogP contribution in [0.4, 0.5) is 11.4 Å². The second-order valence-corrected chi connectivity index (χ2v) is 6.74. The van der Waals surface area contributed by atoms with Gasteiger partial charge in [0.25, 0.3) is 11.6 Å². The first-order valence-electron chi connectivity index (χ1n) is 9.48. The van der Waals surface area contributed by atoms with Gasteiger partial charge in [-0.25, -0.2) is 4.79 Å². The molecule has 0 spiro atoms. The highest BCUT2D eigenvalue weighted by atomic mass is 16.6. The zero-order chi connectivity index (χ0) is 22.2. The summed E-state index contributed by atoms with van der Waals surface area (Å²) in [6.45, 7) is 1.71. The fourth-order valence-electron chi connectivity index (χ4n) is 2.88. The smallest absolute Gasteiger partial charge is 0.331 e. The summed E-state index contributed by atoms with van der Waals surface area (Å²) in [5, 5.41) is 13.9. The van der Waals surface area contributed by atoms with Crippen molar-refractivity contribution in [1.29, 1.82) is 0 Å². The number of anilines is 1. The molecule has 0 saturated heterocycles. The molecule has 7 heteroatoms. The second kappa shape index (κ2) is 9.98. The van der Waals surface area contributed by atoms with Gasteiger partial charge in [-0.1, -0.05) is 66.7 Å². The lowest BCUT2D eigenvalue weighted by Gasteiger charge is -2.17. The van der Waals surface area contributed by atoms with E-state index in [1.165, 1.54) is 18.2 Å². The molecule has 0 fully saturated rings. The van der Waals surface area contributed by atoms with Crippen LogP contribution in [-0.2, 0) is 14.3 Å². The van der Waals surface area contributed by atoms with Crippen LogP contribution in [0.3, 0.4) is 0 Å². The van der Waals surface area contributed by atoms with Crippen molar-refractivity contribution >= 4 is 29.3 Å². The number of carbonyl (C=O) groups is 2. The van der Waals surface area contributed by atoms with Crippen LogP contribution in [0.1, 0.15) is 22.8 Å². The Morgan fingerprint density at radius 1 is 1.00 bits per heavy atom. The Hall–Kier alpha value is -4.26. The summed E-state index contributed by atoms with van der Waals surface area (Å²) in [7, 11) is 0. The molecule has 0 aromatic heterocycles. The Bertz CT molecular complexity index is 1110. The summed E-state index contributed by atoms with van der Waals surface area (Å²) in [5.74, 6) is -1.41. The number of hydrogen-bond donors (Lipinski definition) is 1. The molecule has 7 nitrogen and oxygen atoms in total. The van der Waals surface area contributed by atoms with E-state index in [0.717, 1.165) is 5.56 Å². The molecule has 0 aliphatic carbocycles. The Labute approximate surface area is 179 Å². The third kappa shape index (κ3) is 5.86. The Kier molecular flexibility index (Phi) is 6.90. The Morgan fingerprint density at radius 3 is 2.29 bits per heavy atom. The van der Waals surface area contributed by atoms with Gasteiger partial charge in [-0.3, -0.25) is 14.9 Å². The van der Waals surface area contributed by atoms with Crippen molar-refractivity contribution in [1.82, 2.24) is 0 Å². The van der Waals surface area contributed by atoms with Crippen molar-refractivity contribution in [3.63, 3.8) is 0 Å². The van der Waals surface area contributed by atoms with E-state index in [-0.39, 0.29) is 11.4 Å². The van der Waals surface area contributed by atoms with E-state index in [1.807, 2.05) is 30.3 Å². The number of ether oxygens (including phenoxy) is 1. The van der Waals surface area contributed by atoms with Gasteiger partial charge in [-0.15, -0.1) is 0 Å². The normalized spacial score (nSPS) is 11.6. The molecule has 1 atom stereocenters. The number of rotatable bonds is 7. The van der Waals surface area contributed by atoms with Crippen LogP contribution in [0.5, 0.6) is 0 Å². The monoisotopic (exact) mass is 416 g/mol. The lowest BCUT2D eigenvalue weighted by Crippen LogP contribution is -2.25. The number of hydrogen-bond acceptors (Lipinski definition) is 5. The first-order chi connectivity index (χ1) is 14.9. The average molecular weight is 416 g/mol. The summed E-state index contributed by atoms with van der Waals surface area (Å²) in [5.41, 5.74) is 1.71. The molecule has 3 aromatic carbocycles. The molecule has 1 unspecified atom stereocenters.